The van der Waals surface area contributed by atoms with Crippen LogP contribution in [-0.4, -0.2) is 26.6 Å². The van der Waals surface area contributed by atoms with Crippen LogP contribution in [-0.2, 0) is 15.8 Å². The van der Waals surface area contributed by atoms with Gasteiger partial charge in [-0.15, -0.1) is 0 Å². The van der Waals surface area contributed by atoms with Crippen molar-refractivity contribution in [3.8, 4) is 0 Å². The third-order valence-corrected chi connectivity index (χ3v) is 7.39. The van der Waals surface area contributed by atoms with Crippen molar-refractivity contribution < 1.29 is 17.6 Å². The van der Waals surface area contributed by atoms with Crippen LogP contribution in [0.25, 0.3) is 0 Å². The molecule has 5 nitrogen and oxygen atoms in total. The van der Waals surface area contributed by atoms with Crippen LogP contribution >= 0.6 is 11.8 Å². The van der Waals surface area contributed by atoms with E-state index in [1.807, 2.05) is 19.1 Å². The van der Waals surface area contributed by atoms with Crippen molar-refractivity contribution in [1.29, 1.82) is 0 Å². The summed E-state index contributed by atoms with van der Waals surface area (Å²) >= 11 is 1.51. The summed E-state index contributed by atoms with van der Waals surface area (Å²) in [4.78, 5) is 12.6. The van der Waals surface area contributed by atoms with Gasteiger partial charge in [-0.25, -0.2) is 12.8 Å². The van der Waals surface area contributed by atoms with Gasteiger partial charge in [0.1, 0.15) is 5.82 Å². The molecule has 32 heavy (non-hydrogen) atoms. The zero-order valence-electron chi connectivity index (χ0n) is 17.9. The molecule has 0 unspecified atom stereocenters. The number of aryl methyl sites for hydroxylation is 2. The van der Waals surface area contributed by atoms with Gasteiger partial charge < -0.3 is 5.32 Å². The Morgan fingerprint density at radius 3 is 2.44 bits per heavy atom. The summed E-state index contributed by atoms with van der Waals surface area (Å²) in [6.45, 7) is 3.89. The van der Waals surface area contributed by atoms with Crippen LogP contribution in [0, 0.1) is 19.7 Å². The summed E-state index contributed by atoms with van der Waals surface area (Å²) in [6, 6.07) is 18.3. The monoisotopic (exact) mass is 472 g/mol. The second-order valence-corrected chi connectivity index (χ2v) is 10.1. The smallest absolute Gasteiger partial charge is 0.262 e. The molecule has 168 valence electrons. The Bertz CT molecular complexity index is 1210. The molecule has 0 atom stereocenters. The predicted octanol–water partition coefficient (Wildman–Crippen LogP) is 4.91. The van der Waals surface area contributed by atoms with Crippen molar-refractivity contribution in [2.24, 2.45) is 0 Å². The number of carbonyl (C=O) groups is 1. The van der Waals surface area contributed by atoms with Gasteiger partial charge >= 0.3 is 0 Å². The van der Waals surface area contributed by atoms with Gasteiger partial charge in [0, 0.05) is 23.6 Å². The molecule has 0 spiro atoms. The lowest BCUT2D eigenvalue weighted by molar-refractivity contribution is 0.0956. The summed E-state index contributed by atoms with van der Waals surface area (Å²) in [5.74, 6) is 0.520. The Morgan fingerprint density at radius 2 is 1.69 bits per heavy atom. The van der Waals surface area contributed by atoms with Crippen molar-refractivity contribution in [3.63, 3.8) is 0 Å². The molecule has 3 aromatic rings. The van der Waals surface area contributed by atoms with Crippen LogP contribution in [0.2, 0.25) is 0 Å². The van der Waals surface area contributed by atoms with Crippen LogP contribution in [0.3, 0.4) is 0 Å². The number of rotatable bonds is 9. The lowest BCUT2D eigenvalue weighted by atomic mass is 10.1. The van der Waals surface area contributed by atoms with E-state index in [4.69, 9.17) is 0 Å². The van der Waals surface area contributed by atoms with Gasteiger partial charge in [0.05, 0.1) is 10.6 Å². The summed E-state index contributed by atoms with van der Waals surface area (Å²) in [7, 11) is -3.86. The number of hydrogen-bond donors (Lipinski definition) is 2. The maximum Gasteiger partial charge on any atom is 0.262 e. The Morgan fingerprint density at radius 1 is 0.969 bits per heavy atom. The van der Waals surface area contributed by atoms with E-state index in [1.54, 1.807) is 49.4 Å². The van der Waals surface area contributed by atoms with E-state index < -0.39 is 10.0 Å². The lowest BCUT2D eigenvalue weighted by Gasteiger charge is -2.13. The van der Waals surface area contributed by atoms with Crippen molar-refractivity contribution in [2.75, 3.05) is 17.0 Å². The molecular weight excluding hydrogens is 447 g/mol. The molecule has 1 amide bonds. The first-order valence-electron chi connectivity index (χ1n) is 10.1. The Balaban J connectivity index is 1.61. The average Bonchev–Trinajstić information content (AvgIpc) is 2.76. The predicted molar refractivity (Wildman–Crippen MR) is 128 cm³/mol. The average molecular weight is 473 g/mol. The van der Waals surface area contributed by atoms with Gasteiger partial charge in [-0.3, -0.25) is 9.52 Å². The van der Waals surface area contributed by atoms with Crippen molar-refractivity contribution >= 4 is 33.4 Å². The first kappa shape index (κ1) is 23.8. The number of hydrogen-bond acceptors (Lipinski definition) is 4. The van der Waals surface area contributed by atoms with E-state index in [9.17, 15) is 17.6 Å². The van der Waals surface area contributed by atoms with Gasteiger partial charge in [0.2, 0.25) is 0 Å². The molecule has 0 saturated heterocycles. The SMILES string of the molecule is Cc1ccccc1NS(=O)(=O)c1cc(C(=O)NCCSCc2ccccc2F)ccc1C. The molecule has 0 bridgehead atoms. The maximum absolute atomic E-state index is 13.6. The number of anilines is 1. The number of thioether (sulfide) groups is 1. The lowest BCUT2D eigenvalue weighted by Crippen LogP contribution is -2.26. The normalized spacial score (nSPS) is 11.2. The second-order valence-electron chi connectivity index (χ2n) is 7.30. The largest absolute Gasteiger partial charge is 0.351 e. The zero-order valence-corrected chi connectivity index (χ0v) is 19.5. The van der Waals surface area contributed by atoms with Gasteiger partial charge in [-0.1, -0.05) is 42.5 Å². The number of amides is 1. The molecule has 0 aliphatic rings. The highest BCUT2D eigenvalue weighted by Crippen LogP contribution is 2.23. The minimum Gasteiger partial charge on any atom is -0.351 e. The number of halogens is 1. The van der Waals surface area contributed by atoms with Gasteiger partial charge in [-0.05, 0) is 54.8 Å². The third-order valence-electron chi connectivity index (χ3n) is 4.88. The summed E-state index contributed by atoms with van der Waals surface area (Å²) in [5, 5.41) is 2.79. The van der Waals surface area contributed by atoms with E-state index in [1.165, 1.54) is 23.9 Å². The first-order valence-corrected chi connectivity index (χ1v) is 12.7. The third kappa shape index (κ3) is 6.11. The minimum absolute atomic E-state index is 0.0577. The number of sulfonamides is 1. The van der Waals surface area contributed by atoms with Crippen LogP contribution in [0.15, 0.2) is 71.6 Å². The molecule has 0 aliphatic carbocycles. The topological polar surface area (TPSA) is 75.3 Å². The molecule has 3 rings (SSSR count). The Labute approximate surface area is 192 Å². The molecule has 0 heterocycles. The van der Waals surface area contributed by atoms with Gasteiger partial charge in [-0.2, -0.15) is 11.8 Å². The molecular formula is C24H25FN2O3S2. The number of carbonyl (C=O) groups excluding carboxylic acids is 1. The molecule has 0 aliphatic heterocycles. The van der Waals surface area contributed by atoms with Crippen molar-refractivity contribution in [2.45, 2.75) is 24.5 Å². The van der Waals surface area contributed by atoms with Crippen LogP contribution in [0.1, 0.15) is 27.0 Å². The van der Waals surface area contributed by atoms with Crippen LogP contribution < -0.4 is 10.0 Å². The van der Waals surface area contributed by atoms with Crippen LogP contribution in [0.5, 0.6) is 0 Å². The Hall–Kier alpha value is -2.84. The second kappa shape index (κ2) is 10.7. The van der Waals surface area contributed by atoms with Crippen LogP contribution in [0.4, 0.5) is 10.1 Å². The number of benzene rings is 3. The Kier molecular flexibility index (Phi) is 7.93. The molecule has 0 fully saturated rings. The minimum atomic E-state index is -3.86. The fourth-order valence-corrected chi connectivity index (χ4v) is 5.30. The van der Waals surface area contributed by atoms with Gasteiger partial charge in [0.15, 0.2) is 0 Å². The molecule has 0 aromatic heterocycles. The van der Waals surface area contributed by atoms with E-state index in [0.717, 1.165) is 5.56 Å². The standard InChI is InChI=1S/C24H25FN2O3S2/c1-17-7-3-6-10-22(17)27-32(29,30)23-15-19(12-11-18(23)2)24(28)26-13-14-31-16-20-8-4-5-9-21(20)25/h3-12,15,27H,13-14,16H2,1-2H3,(H,26,28). The van der Waals surface area contributed by atoms with E-state index >= 15 is 0 Å². The molecule has 8 heteroatoms. The first-order chi connectivity index (χ1) is 15.3. The summed E-state index contributed by atoms with van der Waals surface area (Å²) < 4.78 is 42.1. The highest BCUT2D eigenvalue weighted by atomic mass is 32.2. The molecule has 0 saturated carbocycles. The molecule has 0 radical (unpaired) electrons. The molecule has 2 N–H and O–H groups in total. The summed E-state index contributed by atoms with van der Waals surface area (Å²) in [5.41, 5.74) is 2.73. The van der Waals surface area contributed by atoms with E-state index in [0.29, 0.717) is 34.9 Å². The maximum atomic E-state index is 13.6. The number of nitrogens with one attached hydrogen (secondary N) is 2. The zero-order chi connectivity index (χ0) is 23.1. The van der Waals surface area contributed by atoms with Crippen molar-refractivity contribution in [1.82, 2.24) is 5.32 Å². The van der Waals surface area contributed by atoms with Crippen molar-refractivity contribution in [3.05, 3.63) is 94.8 Å². The van der Waals surface area contributed by atoms with E-state index in [-0.39, 0.29) is 22.2 Å². The molecule has 3 aromatic carbocycles. The fraction of sp³-hybridized carbons (Fsp3) is 0.208. The van der Waals surface area contributed by atoms with Gasteiger partial charge in [0.25, 0.3) is 15.9 Å². The highest BCUT2D eigenvalue weighted by Gasteiger charge is 2.20. The fourth-order valence-electron chi connectivity index (χ4n) is 3.05. The quantitative estimate of drug-likeness (QED) is 0.434. The summed E-state index contributed by atoms with van der Waals surface area (Å²) in [6.07, 6.45) is 0. The number of para-hydroxylation sites is 1. The highest BCUT2D eigenvalue weighted by molar-refractivity contribution is 7.98. The van der Waals surface area contributed by atoms with E-state index in [2.05, 4.69) is 10.0 Å².